The molecule has 0 bridgehead atoms. The van der Waals surface area contributed by atoms with Gasteiger partial charge >= 0.3 is 0 Å². The highest BCUT2D eigenvalue weighted by Crippen LogP contribution is 2.39. The predicted octanol–water partition coefficient (Wildman–Crippen LogP) is 3.92. The number of nitrogens with zero attached hydrogens (tertiary/aromatic N) is 2. The minimum atomic E-state index is -0.250. The molecule has 0 atom stereocenters. The number of aromatic nitrogens is 2. The van der Waals surface area contributed by atoms with Gasteiger partial charge in [0.2, 0.25) is 0 Å². The van der Waals surface area contributed by atoms with Crippen LogP contribution in [0.3, 0.4) is 0 Å². The molecule has 2 heterocycles. The summed E-state index contributed by atoms with van der Waals surface area (Å²) in [4.78, 5) is 12.8. The fourth-order valence-electron chi connectivity index (χ4n) is 2.71. The second-order valence-electron chi connectivity index (χ2n) is 5.08. The summed E-state index contributed by atoms with van der Waals surface area (Å²) in [6.45, 7) is 1.30. The number of carbonyl (C=O) groups is 1. The summed E-state index contributed by atoms with van der Waals surface area (Å²) in [6, 6.07) is 3.89. The fraction of sp³-hybridized carbons (Fsp3) is 0.375. The van der Waals surface area contributed by atoms with E-state index in [0.717, 1.165) is 37.4 Å². The molecule has 6 nitrogen and oxygen atoms in total. The van der Waals surface area contributed by atoms with Crippen molar-refractivity contribution in [1.82, 2.24) is 9.55 Å². The van der Waals surface area contributed by atoms with Crippen LogP contribution in [-0.4, -0.2) is 41.5 Å². The molecule has 1 saturated heterocycles. The molecule has 1 aliphatic heterocycles. The number of carboxylic acid groups (broad SMARTS) is 1. The monoisotopic (exact) mass is 372 g/mol. The van der Waals surface area contributed by atoms with Gasteiger partial charge in [-0.1, -0.05) is 23.2 Å². The lowest BCUT2D eigenvalue weighted by molar-refractivity contribution is -0.122. The van der Waals surface area contributed by atoms with E-state index in [-0.39, 0.29) is 6.47 Å². The molecule has 1 aromatic carbocycles. The van der Waals surface area contributed by atoms with E-state index in [9.17, 15) is 0 Å². The molecule has 2 aromatic rings. The summed E-state index contributed by atoms with van der Waals surface area (Å²) >= 11 is 12.4. The minimum Gasteiger partial charge on any atom is -0.494 e. The third-order valence-corrected chi connectivity index (χ3v) is 4.21. The third kappa shape index (κ3) is 4.20. The van der Waals surface area contributed by atoms with Gasteiger partial charge in [-0.2, -0.15) is 0 Å². The van der Waals surface area contributed by atoms with Crippen molar-refractivity contribution in [2.75, 3.05) is 20.3 Å². The van der Waals surface area contributed by atoms with Gasteiger partial charge in [-0.3, -0.25) is 4.79 Å². The molecule has 0 aliphatic carbocycles. The minimum absolute atomic E-state index is 0.250. The number of halogens is 2. The van der Waals surface area contributed by atoms with Gasteiger partial charge in [0.15, 0.2) is 0 Å². The van der Waals surface area contributed by atoms with Crippen LogP contribution in [-0.2, 0) is 9.53 Å². The normalized spacial score (nSPS) is 14.6. The van der Waals surface area contributed by atoms with E-state index >= 15 is 0 Å². The van der Waals surface area contributed by atoms with Gasteiger partial charge in [0.05, 0.1) is 17.7 Å². The first-order chi connectivity index (χ1) is 11.6. The second kappa shape index (κ2) is 8.92. The molecule has 0 unspecified atom stereocenters. The van der Waals surface area contributed by atoms with Crippen LogP contribution in [0, 0.1) is 0 Å². The molecule has 0 radical (unpaired) electrons. The number of ether oxygens (including phenoxy) is 2. The molecule has 8 heteroatoms. The molecule has 0 amide bonds. The summed E-state index contributed by atoms with van der Waals surface area (Å²) in [6.07, 6.45) is 5.72. The number of benzene rings is 1. The van der Waals surface area contributed by atoms with Crippen molar-refractivity contribution in [3.63, 3.8) is 0 Å². The lowest BCUT2D eigenvalue weighted by Gasteiger charge is -2.25. The van der Waals surface area contributed by atoms with Gasteiger partial charge in [-0.05, 0) is 25.0 Å². The van der Waals surface area contributed by atoms with Crippen molar-refractivity contribution in [3.8, 4) is 17.1 Å². The van der Waals surface area contributed by atoms with E-state index in [0.29, 0.717) is 21.8 Å². The van der Waals surface area contributed by atoms with E-state index in [2.05, 4.69) is 9.55 Å². The Balaban J connectivity index is 0.000000647. The molecule has 1 N–H and O–H groups in total. The summed E-state index contributed by atoms with van der Waals surface area (Å²) in [7, 11) is 1.60. The highest BCUT2D eigenvalue weighted by Gasteiger charge is 2.22. The first-order valence-corrected chi connectivity index (χ1v) is 8.09. The number of rotatable bonds is 3. The van der Waals surface area contributed by atoms with Crippen LogP contribution < -0.4 is 4.74 Å². The van der Waals surface area contributed by atoms with Crippen LogP contribution in [0.4, 0.5) is 0 Å². The van der Waals surface area contributed by atoms with Crippen LogP contribution in [0.1, 0.15) is 18.9 Å². The van der Waals surface area contributed by atoms with Gasteiger partial charge in [-0.25, -0.2) is 4.98 Å². The molecular weight excluding hydrogens is 355 g/mol. The average molecular weight is 373 g/mol. The molecule has 3 rings (SSSR count). The van der Waals surface area contributed by atoms with E-state index in [4.69, 9.17) is 42.6 Å². The molecule has 1 fully saturated rings. The Labute approximate surface area is 149 Å². The largest absolute Gasteiger partial charge is 0.494 e. The fourth-order valence-corrected chi connectivity index (χ4v) is 3.28. The number of methoxy groups -OCH3 is 1. The molecule has 0 spiro atoms. The maximum Gasteiger partial charge on any atom is 0.290 e. The smallest absolute Gasteiger partial charge is 0.290 e. The Morgan fingerprint density at radius 2 is 2.04 bits per heavy atom. The van der Waals surface area contributed by atoms with Gasteiger partial charge in [0.1, 0.15) is 11.6 Å². The average Bonchev–Trinajstić information content (AvgIpc) is 3.05. The van der Waals surface area contributed by atoms with Crippen LogP contribution in [0.2, 0.25) is 10.0 Å². The Bertz CT molecular complexity index is 685. The lowest BCUT2D eigenvalue weighted by Crippen LogP contribution is -2.19. The van der Waals surface area contributed by atoms with Crippen molar-refractivity contribution in [2.45, 2.75) is 18.9 Å². The Kier molecular flexibility index (Phi) is 6.90. The van der Waals surface area contributed by atoms with Gasteiger partial charge in [-0.15, -0.1) is 0 Å². The Hall–Kier alpha value is -1.76. The maximum absolute atomic E-state index is 8.36. The SMILES string of the molecule is COc1c(Cl)cc(Cl)cc1-c1nccn1C1CCOCC1.O=CO. The summed E-state index contributed by atoms with van der Waals surface area (Å²) < 4.78 is 13.0. The lowest BCUT2D eigenvalue weighted by atomic mass is 10.1. The molecule has 1 aliphatic rings. The van der Waals surface area contributed by atoms with Crippen LogP contribution in [0.15, 0.2) is 24.5 Å². The number of hydrogen-bond acceptors (Lipinski definition) is 4. The van der Waals surface area contributed by atoms with E-state index in [1.165, 1.54) is 0 Å². The van der Waals surface area contributed by atoms with E-state index < -0.39 is 0 Å². The van der Waals surface area contributed by atoms with E-state index in [1.54, 1.807) is 19.4 Å². The topological polar surface area (TPSA) is 73.6 Å². The van der Waals surface area contributed by atoms with Gasteiger partial charge in [0, 0.05) is 36.7 Å². The standard InChI is InChI=1S/C15H16Cl2N2O2.CH2O2/c1-20-14-12(8-10(16)9-13(14)17)15-18-4-5-19(15)11-2-6-21-7-3-11;2-1-3/h4-5,8-9,11H,2-3,6-7H2,1H3;1H,(H,2,3). The Morgan fingerprint density at radius 3 is 2.67 bits per heavy atom. The summed E-state index contributed by atoms with van der Waals surface area (Å²) in [5.41, 5.74) is 0.812. The first-order valence-electron chi connectivity index (χ1n) is 7.34. The van der Waals surface area contributed by atoms with Crippen molar-refractivity contribution >= 4 is 29.7 Å². The van der Waals surface area contributed by atoms with Gasteiger partial charge < -0.3 is 19.1 Å². The third-order valence-electron chi connectivity index (χ3n) is 3.71. The van der Waals surface area contributed by atoms with Crippen molar-refractivity contribution in [1.29, 1.82) is 0 Å². The van der Waals surface area contributed by atoms with Crippen LogP contribution in [0.5, 0.6) is 5.75 Å². The molecular formula is C16H18Cl2N2O4. The predicted molar refractivity (Wildman–Crippen MR) is 92.0 cm³/mol. The molecule has 1 aromatic heterocycles. The number of hydrogen-bond donors (Lipinski definition) is 1. The maximum atomic E-state index is 8.36. The molecule has 24 heavy (non-hydrogen) atoms. The zero-order valence-corrected chi connectivity index (χ0v) is 14.6. The Morgan fingerprint density at radius 1 is 1.38 bits per heavy atom. The summed E-state index contributed by atoms with van der Waals surface area (Å²) in [5.74, 6) is 1.42. The quantitative estimate of drug-likeness (QED) is 0.826. The van der Waals surface area contributed by atoms with Crippen molar-refractivity contribution in [2.24, 2.45) is 0 Å². The zero-order chi connectivity index (χ0) is 17.5. The molecule has 130 valence electrons. The highest BCUT2D eigenvalue weighted by atomic mass is 35.5. The van der Waals surface area contributed by atoms with Crippen molar-refractivity contribution in [3.05, 3.63) is 34.6 Å². The van der Waals surface area contributed by atoms with Crippen LogP contribution in [0.25, 0.3) is 11.4 Å². The molecule has 0 saturated carbocycles. The van der Waals surface area contributed by atoms with Gasteiger partial charge in [0.25, 0.3) is 6.47 Å². The summed E-state index contributed by atoms with van der Waals surface area (Å²) in [5, 5.41) is 7.94. The van der Waals surface area contributed by atoms with Crippen molar-refractivity contribution < 1.29 is 19.4 Å². The van der Waals surface area contributed by atoms with E-state index in [1.807, 2.05) is 12.3 Å². The first kappa shape index (κ1) is 18.6. The zero-order valence-electron chi connectivity index (χ0n) is 13.1. The van der Waals surface area contributed by atoms with Crippen LogP contribution >= 0.6 is 23.2 Å². The highest BCUT2D eigenvalue weighted by molar-refractivity contribution is 6.36. The second-order valence-corrected chi connectivity index (χ2v) is 5.92. The number of imidazole rings is 1.